The van der Waals surface area contributed by atoms with Crippen molar-refractivity contribution in [1.29, 1.82) is 0 Å². The SMILES string of the molecule is O=C(Nc1ccccc1SC1CCCC1)[C@@H]1CCCN1. The largest absolute Gasteiger partial charge is 0.324 e. The summed E-state index contributed by atoms with van der Waals surface area (Å²) in [4.78, 5) is 13.4. The molecule has 0 spiro atoms. The Bertz CT molecular complexity index is 465. The van der Waals surface area contributed by atoms with Crippen molar-refractivity contribution in [3.63, 3.8) is 0 Å². The molecule has 1 aromatic rings. The smallest absolute Gasteiger partial charge is 0.241 e. The fourth-order valence-corrected chi connectivity index (χ4v) is 4.32. The minimum absolute atomic E-state index is 0.0143. The van der Waals surface area contributed by atoms with Crippen LogP contribution in [0.1, 0.15) is 38.5 Å². The standard InChI is InChI=1S/C16H22N2OS/c19-16(14-9-5-11-17-14)18-13-8-3-4-10-15(13)20-12-6-1-2-7-12/h3-4,8,10,12,14,17H,1-2,5-7,9,11H2,(H,18,19)/t14-/m0/s1. The normalized spacial score (nSPS) is 23.1. The van der Waals surface area contributed by atoms with E-state index in [2.05, 4.69) is 22.8 Å². The number of anilines is 1. The summed E-state index contributed by atoms with van der Waals surface area (Å²) in [7, 11) is 0. The lowest BCUT2D eigenvalue weighted by Crippen LogP contribution is -2.35. The number of carbonyl (C=O) groups is 1. The van der Waals surface area contributed by atoms with Crippen LogP contribution >= 0.6 is 11.8 Å². The molecule has 1 amide bonds. The second kappa shape index (κ2) is 6.64. The molecular weight excluding hydrogens is 268 g/mol. The summed E-state index contributed by atoms with van der Waals surface area (Å²) in [5, 5.41) is 7.07. The molecule has 0 bridgehead atoms. The number of benzene rings is 1. The highest BCUT2D eigenvalue weighted by Gasteiger charge is 2.23. The van der Waals surface area contributed by atoms with Gasteiger partial charge in [0.25, 0.3) is 0 Å². The van der Waals surface area contributed by atoms with Crippen LogP contribution in [0.5, 0.6) is 0 Å². The van der Waals surface area contributed by atoms with Gasteiger partial charge in [-0.3, -0.25) is 4.79 Å². The molecule has 1 saturated heterocycles. The molecule has 3 rings (SSSR count). The molecule has 1 aromatic carbocycles. The van der Waals surface area contributed by atoms with Crippen LogP contribution in [0.2, 0.25) is 0 Å². The first kappa shape index (κ1) is 14.0. The number of rotatable bonds is 4. The average molecular weight is 290 g/mol. The van der Waals surface area contributed by atoms with Gasteiger partial charge in [-0.25, -0.2) is 0 Å². The zero-order valence-corrected chi connectivity index (χ0v) is 12.5. The van der Waals surface area contributed by atoms with Crippen LogP contribution in [0, 0.1) is 0 Å². The van der Waals surface area contributed by atoms with Crippen molar-refractivity contribution in [2.75, 3.05) is 11.9 Å². The maximum absolute atomic E-state index is 12.2. The second-order valence-corrected chi connectivity index (χ2v) is 7.00. The van der Waals surface area contributed by atoms with Gasteiger partial charge >= 0.3 is 0 Å². The molecular formula is C16H22N2OS. The lowest BCUT2D eigenvalue weighted by atomic mass is 10.2. The first-order chi connectivity index (χ1) is 9.83. The molecule has 0 aromatic heterocycles. The zero-order valence-electron chi connectivity index (χ0n) is 11.7. The first-order valence-electron chi connectivity index (χ1n) is 7.63. The molecule has 1 saturated carbocycles. The predicted octanol–water partition coefficient (Wildman–Crippen LogP) is 3.41. The first-order valence-corrected chi connectivity index (χ1v) is 8.51. The molecule has 0 unspecified atom stereocenters. The minimum Gasteiger partial charge on any atom is -0.324 e. The van der Waals surface area contributed by atoms with Crippen LogP contribution in [0.15, 0.2) is 29.2 Å². The van der Waals surface area contributed by atoms with Gasteiger partial charge in [-0.05, 0) is 44.4 Å². The van der Waals surface area contributed by atoms with E-state index in [4.69, 9.17) is 0 Å². The summed E-state index contributed by atoms with van der Waals surface area (Å²) < 4.78 is 0. The minimum atomic E-state index is -0.0143. The van der Waals surface area contributed by atoms with Crippen LogP contribution in [0.3, 0.4) is 0 Å². The lowest BCUT2D eigenvalue weighted by molar-refractivity contribution is -0.117. The Kier molecular flexibility index (Phi) is 4.63. The zero-order chi connectivity index (χ0) is 13.8. The van der Waals surface area contributed by atoms with Crippen LogP contribution in [0.4, 0.5) is 5.69 Å². The van der Waals surface area contributed by atoms with Crippen molar-refractivity contribution >= 4 is 23.4 Å². The highest BCUT2D eigenvalue weighted by molar-refractivity contribution is 8.00. The van der Waals surface area contributed by atoms with E-state index in [9.17, 15) is 4.79 Å². The molecule has 0 radical (unpaired) electrons. The van der Waals surface area contributed by atoms with Gasteiger partial charge in [0.05, 0.1) is 11.7 Å². The molecule has 2 N–H and O–H groups in total. The van der Waals surface area contributed by atoms with Crippen molar-refractivity contribution in [1.82, 2.24) is 5.32 Å². The van der Waals surface area contributed by atoms with Gasteiger partial charge in [0, 0.05) is 10.1 Å². The van der Waals surface area contributed by atoms with E-state index in [0.29, 0.717) is 0 Å². The number of carbonyl (C=O) groups excluding carboxylic acids is 1. The Hall–Kier alpha value is -1.00. The van der Waals surface area contributed by atoms with E-state index >= 15 is 0 Å². The lowest BCUT2D eigenvalue weighted by Gasteiger charge is -2.16. The van der Waals surface area contributed by atoms with Gasteiger partial charge in [0.1, 0.15) is 0 Å². The van der Waals surface area contributed by atoms with Crippen molar-refractivity contribution in [2.45, 2.75) is 54.7 Å². The molecule has 1 aliphatic heterocycles. The highest BCUT2D eigenvalue weighted by atomic mass is 32.2. The number of hydrogen-bond acceptors (Lipinski definition) is 3. The predicted molar refractivity (Wildman–Crippen MR) is 84.2 cm³/mol. The Morgan fingerprint density at radius 3 is 2.70 bits per heavy atom. The molecule has 2 fully saturated rings. The maximum atomic E-state index is 12.2. The summed E-state index contributed by atoms with van der Waals surface area (Å²) in [6, 6.07) is 8.18. The van der Waals surface area contributed by atoms with E-state index in [0.717, 1.165) is 30.3 Å². The van der Waals surface area contributed by atoms with Crippen LogP contribution in [0.25, 0.3) is 0 Å². The second-order valence-electron chi connectivity index (χ2n) is 5.66. The van der Waals surface area contributed by atoms with E-state index in [1.54, 1.807) is 0 Å². The van der Waals surface area contributed by atoms with Gasteiger partial charge in [-0.2, -0.15) is 0 Å². The summed E-state index contributed by atoms with van der Waals surface area (Å²) in [6.45, 7) is 0.955. The van der Waals surface area contributed by atoms with E-state index in [1.165, 1.54) is 30.6 Å². The molecule has 1 atom stereocenters. The van der Waals surface area contributed by atoms with E-state index in [1.807, 2.05) is 23.9 Å². The quantitative estimate of drug-likeness (QED) is 0.893. The van der Waals surface area contributed by atoms with Crippen molar-refractivity contribution < 1.29 is 4.79 Å². The Morgan fingerprint density at radius 2 is 1.95 bits per heavy atom. The Labute approximate surface area is 124 Å². The fourth-order valence-electron chi connectivity index (χ4n) is 2.99. The fraction of sp³-hybridized carbons (Fsp3) is 0.562. The third-order valence-corrected chi connectivity index (χ3v) is 5.53. The maximum Gasteiger partial charge on any atom is 0.241 e. The third kappa shape index (κ3) is 3.36. The molecule has 1 aliphatic carbocycles. The number of hydrogen-bond donors (Lipinski definition) is 2. The van der Waals surface area contributed by atoms with E-state index in [-0.39, 0.29) is 11.9 Å². The van der Waals surface area contributed by atoms with Crippen molar-refractivity contribution in [3.8, 4) is 0 Å². The summed E-state index contributed by atoms with van der Waals surface area (Å²) >= 11 is 1.93. The van der Waals surface area contributed by atoms with Gasteiger partial charge < -0.3 is 10.6 Å². The Balaban J connectivity index is 1.66. The average Bonchev–Trinajstić information content (AvgIpc) is 3.13. The molecule has 2 aliphatic rings. The number of para-hydroxylation sites is 1. The van der Waals surface area contributed by atoms with Crippen molar-refractivity contribution in [3.05, 3.63) is 24.3 Å². The highest BCUT2D eigenvalue weighted by Crippen LogP contribution is 2.38. The van der Waals surface area contributed by atoms with Gasteiger partial charge in [0.2, 0.25) is 5.91 Å². The van der Waals surface area contributed by atoms with Gasteiger partial charge in [0.15, 0.2) is 0 Å². The topological polar surface area (TPSA) is 41.1 Å². The number of thioether (sulfide) groups is 1. The molecule has 1 heterocycles. The Morgan fingerprint density at radius 1 is 1.15 bits per heavy atom. The molecule has 20 heavy (non-hydrogen) atoms. The van der Waals surface area contributed by atoms with Crippen molar-refractivity contribution in [2.24, 2.45) is 0 Å². The molecule has 108 valence electrons. The van der Waals surface area contributed by atoms with Crippen LogP contribution < -0.4 is 10.6 Å². The molecule has 4 heteroatoms. The molecule has 3 nitrogen and oxygen atoms in total. The summed E-state index contributed by atoms with van der Waals surface area (Å²) in [5.74, 6) is 0.113. The summed E-state index contributed by atoms with van der Waals surface area (Å²) in [5.41, 5.74) is 0.975. The summed E-state index contributed by atoms with van der Waals surface area (Å²) in [6.07, 6.45) is 7.34. The number of nitrogens with one attached hydrogen (secondary N) is 2. The van der Waals surface area contributed by atoms with Crippen LogP contribution in [-0.4, -0.2) is 23.7 Å². The van der Waals surface area contributed by atoms with Crippen LogP contribution in [-0.2, 0) is 4.79 Å². The van der Waals surface area contributed by atoms with Gasteiger partial charge in [-0.1, -0.05) is 25.0 Å². The monoisotopic (exact) mass is 290 g/mol. The number of amides is 1. The van der Waals surface area contributed by atoms with Gasteiger partial charge in [-0.15, -0.1) is 11.8 Å². The van der Waals surface area contributed by atoms with E-state index < -0.39 is 0 Å². The third-order valence-electron chi connectivity index (χ3n) is 4.12.